The number of para-hydroxylation sites is 1. The van der Waals surface area contributed by atoms with E-state index < -0.39 is 0 Å². The molecule has 0 bridgehead atoms. The van der Waals surface area contributed by atoms with Gasteiger partial charge >= 0.3 is 0 Å². The third-order valence-corrected chi connectivity index (χ3v) is 4.45. The molecule has 0 aromatic heterocycles. The molecule has 136 valence electrons. The standard InChI is InChI=1S/C20H22FN3O2/c21-16-8-6-15(7-9-16)20(26)23-18-10-12-24(13-11-18)14-19(25)22-17-4-2-1-3-5-17/h1-9,18H,10-14H2,(H,22,25)(H,23,26). The summed E-state index contributed by atoms with van der Waals surface area (Å²) in [5.74, 6) is -0.584. The minimum absolute atomic E-state index is 0.0370. The molecule has 3 rings (SSSR count). The number of anilines is 1. The molecule has 2 amide bonds. The van der Waals surface area contributed by atoms with Crippen LogP contribution >= 0.6 is 0 Å². The number of likely N-dealkylation sites (tertiary alicyclic amines) is 1. The van der Waals surface area contributed by atoms with E-state index in [-0.39, 0.29) is 23.7 Å². The molecule has 1 aliphatic rings. The number of piperidine rings is 1. The van der Waals surface area contributed by atoms with E-state index in [1.165, 1.54) is 24.3 Å². The highest BCUT2D eigenvalue weighted by molar-refractivity contribution is 5.94. The maximum atomic E-state index is 12.9. The molecular formula is C20H22FN3O2. The first-order valence-electron chi connectivity index (χ1n) is 8.74. The summed E-state index contributed by atoms with van der Waals surface area (Å²) in [7, 11) is 0. The van der Waals surface area contributed by atoms with Gasteiger partial charge in [0.05, 0.1) is 6.54 Å². The minimum atomic E-state index is -0.358. The molecule has 0 atom stereocenters. The summed E-state index contributed by atoms with van der Waals surface area (Å²) in [6.45, 7) is 1.83. The topological polar surface area (TPSA) is 61.4 Å². The van der Waals surface area contributed by atoms with E-state index in [1.54, 1.807) is 0 Å². The van der Waals surface area contributed by atoms with Gasteiger partial charge in [-0.3, -0.25) is 14.5 Å². The lowest BCUT2D eigenvalue weighted by molar-refractivity contribution is -0.117. The van der Waals surface area contributed by atoms with Crippen molar-refractivity contribution in [1.29, 1.82) is 0 Å². The molecule has 0 radical (unpaired) electrons. The summed E-state index contributed by atoms with van der Waals surface area (Å²) in [5.41, 5.74) is 1.25. The molecule has 26 heavy (non-hydrogen) atoms. The summed E-state index contributed by atoms with van der Waals surface area (Å²) in [6.07, 6.45) is 1.57. The molecule has 0 spiro atoms. The first kappa shape index (κ1) is 18.1. The minimum Gasteiger partial charge on any atom is -0.349 e. The van der Waals surface area contributed by atoms with Gasteiger partial charge < -0.3 is 10.6 Å². The molecule has 0 saturated carbocycles. The molecule has 1 aliphatic heterocycles. The van der Waals surface area contributed by atoms with Gasteiger partial charge in [-0.1, -0.05) is 18.2 Å². The number of hydrogen-bond acceptors (Lipinski definition) is 3. The summed E-state index contributed by atoms with van der Waals surface area (Å²) in [4.78, 5) is 26.4. The van der Waals surface area contributed by atoms with Gasteiger partial charge in [-0.2, -0.15) is 0 Å². The molecule has 6 heteroatoms. The SMILES string of the molecule is O=C(CN1CCC(NC(=O)c2ccc(F)cc2)CC1)Nc1ccccc1. The number of hydrogen-bond donors (Lipinski definition) is 2. The van der Waals surface area contributed by atoms with Crippen molar-refractivity contribution in [2.45, 2.75) is 18.9 Å². The predicted molar refractivity (Wildman–Crippen MR) is 98.4 cm³/mol. The van der Waals surface area contributed by atoms with Crippen molar-refractivity contribution in [2.75, 3.05) is 25.0 Å². The van der Waals surface area contributed by atoms with Crippen LogP contribution in [0.15, 0.2) is 54.6 Å². The number of carbonyl (C=O) groups excluding carboxylic acids is 2. The fourth-order valence-electron chi connectivity index (χ4n) is 3.03. The number of benzene rings is 2. The molecule has 0 unspecified atom stereocenters. The zero-order valence-electron chi connectivity index (χ0n) is 14.5. The summed E-state index contributed by atoms with van der Waals surface area (Å²) in [5, 5.41) is 5.86. The zero-order chi connectivity index (χ0) is 18.4. The van der Waals surface area contributed by atoms with Crippen molar-refractivity contribution in [3.05, 3.63) is 66.0 Å². The Morgan fingerprint density at radius 2 is 1.65 bits per heavy atom. The third-order valence-electron chi connectivity index (χ3n) is 4.45. The quantitative estimate of drug-likeness (QED) is 0.867. The summed E-state index contributed by atoms with van der Waals surface area (Å²) >= 11 is 0. The third kappa shape index (κ3) is 5.13. The van der Waals surface area contributed by atoms with Crippen LogP contribution in [0.5, 0.6) is 0 Å². The van der Waals surface area contributed by atoms with Gasteiger partial charge in [-0.25, -0.2) is 4.39 Å². The van der Waals surface area contributed by atoms with E-state index in [0.29, 0.717) is 12.1 Å². The molecule has 1 heterocycles. The molecule has 1 saturated heterocycles. The Bertz CT molecular complexity index is 741. The second-order valence-electron chi connectivity index (χ2n) is 6.44. The van der Waals surface area contributed by atoms with Crippen LogP contribution in [-0.2, 0) is 4.79 Å². The van der Waals surface area contributed by atoms with Crippen molar-refractivity contribution in [1.82, 2.24) is 10.2 Å². The second kappa shape index (κ2) is 8.58. The molecular weight excluding hydrogens is 333 g/mol. The van der Waals surface area contributed by atoms with Crippen molar-refractivity contribution in [2.24, 2.45) is 0 Å². The summed E-state index contributed by atoms with van der Waals surface area (Å²) in [6, 6.07) is 15.0. The first-order valence-corrected chi connectivity index (χ1v) is 8.74. The van der Waals surface area contributed by atoms with E-state index >= 15 is 0 Å². The maximum Gasteiger partial charge on any atom is 0.251 e. The second-order valence-corrected chi connectivity index (χ2v) is 6.44. The lowest BCUT2D eigenvalue weighted by Gasteiger charge is -2.31. The smallest absolute Gasteiger partial charge is 0.251 e. The lowest BCUT2D eigenvalue weighted by atomic mass is 10.0. The van der Waals surface area contributed by atoms with Crippen LogP contribution in [0.4, 0.5) is 10.1 Å². The highest BCUT2D eigenvalue weighted by atomic mass is 19.1. The van der Waals surface area contributed by atoms with E-state index in [4.69, 9.17) is 0 Å². The van der Waals surface area contributed by atoms with Crippen molar-refractivity contribution >= 4 is 17.5 Å². The number of nitrogens with one attached hydrogen (secondary N) is 2. The largest absolute Gasteiger partial charge is 0.349 e. The maximum absolute atomic E-state index is 12.9. The van der Waals surface area contributed by atoms with Crippen LogP contribution < -0.4 is 10.6 Å². The Balaban J connectivity index is 1.42. The zero-order valence-corrected chi connectivity index (χ0v) is 14.5. The highest BCUT2D eigenvalue weighted by Gasteiger charge is 2.22. The van der Waals surface area contributed by atoms with Gasteiger partial charge in [-0.15, -0.1) is 0 Å². The number of nitrogens with zero attached hydrogens (tertiary/aromatic N) is 1. The van der Waals surface area contributed by atoms with Gasteiger partial charge in [-0.05, 0) is 49.2 Å². The Morgan fingerprint density at radius 1 is 1.00 bits per heavy atom. The van der Waals surface area contributed by atoms with E-state index in [2.05, 4.69) is 15.5 Å². The summed E-state index contributed by atoms with van der Waals surface area (Å²) < 4.78 is 12.9. The Hall–Kier alpha value is -2.73. The fraction of sp³-hybridized carbons (Fsp3) is 0.300. The van der Waals surface area contributed by atoms with E-state index in [0.717, 1.165) is 31.6 Å². The number of amides is 2. The monoisotopic (exact) mass is 355 g/mol. The van der Waals surface area contributed by atoms with Crippen LogP contribution in [0.25, 0.3) is 0 Å². The van der Waals surface area contributed by atoms with Crippen LogP contribution in [0, 0.1) is 5.82 Å². The van der Waals surface area contributed by atoms with Crippen LogP contribution in [0.2, 0.25) is 0 Å². The molecule has 2 aromatic carbocycles. The fourth-order valence-corrected chi connectivity index (χ4v) is 3.03. The lowest BCUT2D eigenvalue weighted by Crippen LogP contribution is -2.46. The van der Waals surface area contributed by atoms with Gasteiger partial charge in [0.25, 0.3) is 5.91 Å². The normalized spacial score (nSPS) is 15.4. The Kier molecular flexibility index (Phi) is 5.96. The number of halogens is 1. The number of carbonyl (C=O) groups is 2. The van der Waals surface area contributed by atoms with Crippen LogP contribution in [0.3, 0.4) is 0 Å². The Morgan fingerprint density at radius 3 is 2.31 bits per heavy atom. The average Bonchev–Trinajstić information content (AvgIpc) is 2.64. The molecule has 5 nitrogen and oxygen atoms in total. The first-order chi connectivity index (χ1) is 12.6. The van der Waals surface area contributed by atoms with Crippen LogP contribution in [0.1, 0.15) is 23.2 Å². The Labute approximate surface area is 152 Å². The molecule has 2 N–H and O–H groups in total. The van der Waals surface area contributed by atoms with Crippen molar-refractivity contribution in [3.8, 4) is 0 Å². The highest BCUT2D eigenvalue weighted by Crippen LogP contribution is 2.12. The average molecular weight is 355 g/mol. The van der Waals surface area contributed by atoms with Gasteiger partial charge in [0.1, 0.15) is 5.82 Å². The predicted octanol–water partition coefficient (Wildman–Crippen LogP) is 2.66. The molecule has 0 aliphatic carbocycles. The van der Waals surface area contributed by atoms with Gasteiger partial charge in [0.2, 0.25) is 5.91 Å². The van der Waals surface area contributed by atoms with Crippen molar-refractivity contribution < 1.29 is 14.0 Å². The molecule has 2 aromatic rings. The van der Waals surface area contributed by atoms with Crippen LogP contribution in [-0.4, -0.2) is 42.4 Å². The van der Waals surface area contributed by atoms with Gasteiger partial charge in [0, 0.05) is 30.4 Å². The molecule has 1 fully saturated rings. The van der Waals surface area contributed by atoms with Gasteiger partial charge in [0.15, 0.2) is 0 Å². The van der Waals surface area contributed by atoms with Crippen molar-refractivity contribution in [3.63, 3.8) is 0 Å². The number of rotatable bonds is 5. The van der Waals surface area contributed by atoms with E-state index in [9.17, 15) is 14.0 Å². The van der Waals surface area contributed by atoms with E-state index in [1.807, 2.05) is 30.3 Å².